The van der Waals surface area contributed by atoms with Gasteiger partial charge in [-0.05, 0) is 35.1 Å². The highest BCUT2D eigenvalue weighted by molar-refractivity contribution is 5.81. The third-order valence-corrected chi connectivity index (χ3v) is 5.77. The minimum atomic E-state index is -0.909. The van der Waals surface area contributed by atoms with Gasteiger partial charge in [0.1, 0.15) is 6.61 Å². The number of aliphatic carboxylic acids is 1. The van der Waals surface area contributed by atoms with E-state index in [-0.39, 0.29) is 31.4 Å². The van der Waals surface area contributed by atoms with Crippen molar-refractivity contribution < 1.29 is 24.2 Å². The number of carboxylic acids is 1. The van der Waals surface area contributed by atoms with Gasteiger partial charge in [-0.25, -0.2) is 0 Å². The topological polar surface area (TPSA) is 92.7 Å². The van der Waals surface area contributed by atoms with Crippen LogP contribution < -0.4 is 5.32 Å². The Morgan fingerprint density at radius 1 is 0.800 bits per heavy atom. The first-order valence-corrected chi connectivity index (χ1v) is 11.8. The highest BCUT2D eigenvalue weighted by Crippen LogP contribution is 2.20. The van der Waals surface area contributed by atoms with E-state index in [4.69, 9.17) is 4.74 Å². The van der Waals surface area contributed by atoms with Crippen molar-refractivity contribution in [2.24, 2.45) is 5.92 Å². The molecule has 0 aliphatic heterocycles. The fraction of sp³-hybridized carbons (Fsp3) is 0.276. The summed E-state index contributed by atoms with van der Waals surface area (Å²) >= 11 is 0. The van der Waals surface area contributed by atoms with Crippen molar-refractivity contribution in [1.29, 1.82) is 0 Å². The molecule has 0 heterocycles. The van der Waals surface area contributed by atoms with Crippen molar-refractivity contribution in [3.05, 3.63) is 96.1 Å². The lowest BCUT2D eigenvalue weighted by Crippen LogP contribution is -2.38. The summed E-state index contributed by atoms with van der Waals surface area (Å²) in [7, 11) is 0. The van der Waals surface area contributed by atoms with E-state index >= 15 is 0 Å². The second kappa shape index (κ2) is 13.1. The lowest BCUT2D eigenvalue weighted by Gasteiger charge is -2.21. The molecule has 2 atom stereocenters. The highest BCUT2D eigenvalue weighted by Gasteiger charge is 2.21. The molecule has 3 aromatic carbocycles. The first-order chi connectivity index (χ1) is 16.9. The Morgan fingerprint density at radius 3 is 2.03 bits per heavy atom. The van der Waals surface area contributed by atoms with Crippen LogP contribution in [-0.4, -0.2) is 29.0 Å². The Balaban J connectivity index is 1.54. The zero-order chi connectivity index (χ0) is 25.0. The summed E-state index contributed by atoms with van der Waals surface area (Å²) in [5.41, 5.74) is 4.08. The van der Waals surface area contributed by atoms with Crippen LogP contribution in [-0.2, 0) is 32.1 Å². The second-order valence-electron chi connectivity index (χ2n) is 8.65. The molecule has 0 saturated carbocycles. The minimum Gasteiger partial charge on any atom is -0.481 e. The monoisotopic (exact) mass is 473 g/mol. The van der Waals surface area contributed by atoms with Crippen molar-refractivity contribution in [2.45, 2.75) is 45.3 Å². The molecule has 0 bridgehead atoms. The predicted molar refractivity (Wildman–Crippen MR) is 134 cm³/mol. The van der Waals surface area contributed by atoms with Gasteiger partial charge in [-0.2, -0.15) is 0 Å². The van der Waals surface area contributed by atoms with Gasteiger partial charge in [0.25, 0.3) is 0 Å². The molecule has 6 nitrogen and oxygen atoms in total. The van der Waals surface area contributed by atoms with E-state index in [2.05, 4.69) is 5.32 Å². The summed E-state index contributed by atoms with van der Waals surface area (Å²) in [6.45, 7) is 1.79. The molecule has 6 heteroatoms. The molecular formula is C29H31NO5. The molecule has 2 N–H and O–H groups in total. The summed E-state index contributed by atoms with van der Waals surface area (Å²) in [5.74, 6) is -2.27. The van der Waals surface area contributed by atoms with E-state index in [1.807, 2.05) is 84.9 Å². The van der Waals surface area contributed by atoms with Crippen LogP contribution in [0.1, 0.15) is 37.3 Å². The number of ether oxygens (including phenoxy) is 1. The number of carbonyl (C=O) groups is 3. The van der Waals surface area contributed by atoms with Crippen LogP contribution >= 0.6 is 0 Å². The average molecular weight is 474 g/mol. The first kappa shape index (κ1) is 25.7. The normalized spacial score (nSPS) is 12.4. The van der Waals surface area contributed by atoms with Gasteiger partial charge in [0.15, 0.2) is 0 Å². The second-order valence-corrected chi connectivity index (χ2v) is 8.65. The number of carboxylic acid groups (broad SMARTS) is 1. The first-order valence-electron chi connectivity index (χ1n) is 11.8. The molecule has 2 unspecified atom stereocenters. The van der Waals surface area contributed by atoms with Gasteiger partial charge < -0.3 is 15.2 Å². The number of amides is 1. The van der Waals surface area contributed by atoms with Gasteiger partial charge in [-0.15, -0.1) is 0 Å². The van der Waals surface area contributed by atoms with Crippen molar-refractivity contribution >= 4 is 17.8 Å². The molecule has 3 rings (SSSR count). The number of esters is 1. The van der Waals surface area contributed by atoms with Crippen molar-refractivity contribution in [2.75, 3.05) is 0 Å². The summed E-state index contributed by atoms with van der Waals surface area (Å²) in [6.07, 6.45) is 0.737. The molecule has 1 amide bonds. The molecular weight excluding hydrogens is 442 g/mol. The lowest BCUT2D eigenvalue weighted by atomic mass is 9.95. The molecule has 3 aromatic rings. The minimum absolute atomic E-state index is 0.0154. The molecule has 182 valence electrons. The van der Waals surface area contributed by atoms with Crippen LogP contribution in [0.2, 0.25) is 0 Å². The van der Waals surface area contributed by atoms with Crippen LogP contribution in [0.5, 0.6) is 0 Å². The number of benzene rings is 3. The smallest absolute Gasteiger partial charge is 0.306 e. The Kier molecular flexibility index (Phi) is 9.60. The van der Waals surface area contributed by atoms with Gasteiger partial charge >= 0.3 is 11.9 Å². The van der Waals surface area contributed by atoms with Gasteiger partial charge in [-0.3, -0.25) is 14.4 Å². The van der Waals surface area contributed by atoms with Gasteiger partial charge in [-0.1, -0.05) is 91.9 Å². The van der Waals surface area contributed by atoms with Crippen molar-refractivity contribution in [1.82, 2.24) is 5.32 Å². The van der Waals surface area contributed by atoms with Crippen LogP contribution in [0.3, 0.4) is 0 Å². The third kappa shape index (κ3) is 8.74. The number of rotatable bonds is 12. The maximum absolute atomic E-state index is 12.5. The number of nitrogens with one attached hydrogen (secondary N) is 1. The maximum Gasteiger partial charge on any atom is 0.306 e. The van der Waals surface area contributed by atoms with Crippen molar-refractivity contribution in [3.63, 3.8) is 0 Å². The number of carbonyl (C=O) groups excluding carboxylic acids is 2. The van der Waals surface area contributed by atoms with E-state index in [0.717, 1.165) is 22.3 Å². The van der Waals surface area contributed by atoms with Crippen LogP contribution in [0.25, 0.3) is 11.1 Å². The molecule has 0 aromatic heterocycles. The molecule has 0 radical (unpaired) electrons. The van der Waals surface area contributed by atoms with Crippen LogP contribution in [0.4, 0.5) is 0 Å². The summed E-state index contributed by atoms with van der Waals surface area (Å²) < 4.78 is 5.23. The number of hydrogen-bond donors (Lipinski definition) is 2. The SMILES string of the molecule is CC(CC(Cc1ccc(-c2ccccc2)cc1)NC(=O)CCC(=O)OCc1ccccc1)C(=O)O. The number of hydrogen-bond acceptors (Lipinski definition) is 4. The van der Waals surface area contributed by atoms with E-state index in [9.17, 15) is 19.5 Å². The Labute approximate surface area is 206 Å². The van der Waals surface area contributed by atoms with Crippen LogP contribution in [0.15, 0.2) is 84.9 Å². The van der Waals surface area contributed by atoms with E-state index < -0.39 is 17.9 Å². The van der Waals surface area contributed by atoms with Gasteiger partial charge in [0.05, 0.1) is 12.3 Å². The predicted octanol–water partition coefficient (Wildman–Crippen LogP) is 5.02. The average Bonchev–Trinajstić information content (AvgIpc) is 2.87. The summed E-state index contributed by atoms with van der Waals surface area (Å²) in [6, 6.07) is 27.0. The standard InChI is InChI=1S/C29H31NO5/c1-21(29(33)34)18-26(19-22-12-14-25(15-13-22)24-10-6-3-7-11-24)30-27(31)16-17-28(32)35-20-23-8-4-2-5-9-23/h2-15,21,26H,16-20H2,1H3,(H,30,31)(H,33,34). The van der Waals surface area contributed by atoms with Crippen LogP contribution in [0, 0.1) is 5.92 Å². The molecule has 0 saturated heterocycles. The Hall–Kier alpha value is -3.93. The van der Waals surface area contributed by atoms with E-state index in [0.29, 0.717) is 12.8 Å². The van der Waals surface area contributed by atoms with Crippen molar-refractivity contribution in [3.8, 4) is 11.1 Å². The quantitative estimate of drug-likeness (QED) is 0.361. The van der Waals surface area contributed by atoms with E-state index in [1.165, 1.54) is 0 Å². The summed E-state index contributed by atoms with van der Waals surface area (Å²) in [4.78, 5) is 36.0. The third-order valence-electron chi connectivity index (χ3n) is 5.77. The fourth-order valence-electron chi connectivity index (χ4n) is 3.79. The zero-order valence-electron chi connectivity index (χ0n) is 19.9. The van der Waals surface area contributed by atoms with Gasteiger partial charge in [0.2, 0.25) is 5.91 Å². The Bertz CT molecular complexity index is 1100. The lowest BCUT2D eigenvalue weighted by molar-refractivity contribution is -0.146. The van der Waals surface area contributed by atoms with E-state index in [1.54, 1.807) is 6.92 Å². The highest BCUT2D eigenvalue weighted by atomic mass is 16.5. The van der Waals surface area contributed by atoms with Gasteiger partial charge in [0, 0.05) is 12.5 Å². The summed E-state index contributed by atoms with van der Waals surface area (Å²) in [5, 5.41) is 12.3. The molecule has 0 aliphatic rings. The Morgan fingerprint density at radius 2 is 1.40 bits per heavy atom. The molecule has 0 aliphatic carbocycles. The molecule has 0 fully saturated rings. The fourth-order valence-corrected chi connectivity index (χ4v) is 3.79. The zero-order valence-corrected chi connectivity index (χ0v) is 19.9. The largest absolute Gasteiger partial charge is 0.481 e. The molecule has 35 heavy (non-hydrogen) atoms. The molecule has 0 spiro atoms. The maximum atomic E-state index is 12.5.